The number of anilines is 3. The Hall–Kier alpha value is -6.64. The average Bonchev–Trinajstić information content (AvgIpc) is 3.71. The van der Waals surface area contributed by atoms with E-state index in [1.807, 2.05) is 0 Å². The minimum absolute atomic E-state index is 0.214. The molecule has 0 fully saturated rings. The smallest absolute Gasteiger partial charge is 0.0540 e. The van der Waals surface area contributed by atoms with Crippen LogP contribution in [0, 0.1) is 0 Å². The monoisotopic (exact) mass is 678 g/mol. The molecule has 0 radical (unpaired) electrons. The van der Waals surface area contributed by atoms with Gasteiger partial charge < -0.3 is 9.47 Å². The molecule has 1 aliphatic carbocycles. The molecule has 1 heterocycles. The van der Waals surface area contributed by atoms with Crippen molar-refractivity contribution in [3.8, 4) is 39.2 Å². The Morgan fingerprint density at radius 2 is 1.02 bits per heavy atom. The van der Waals surface area contributed by atoms with Gasteiger partial charge in [-0.15, -0.1) is 0 Å². The molecule has 0 aliphatic heterocycles. The van der Waals surface area contributed by atoms with Gasteiger partial charge in [-0.1, -0.05) is 153 Å². The SMILES string of the molecule is CC1(C)c2cc(N(c3ccc(-c4ccccc4)cc3)c3cccc4ccccc34)ccc2-c2ccc(-n3c(-c4ccccc4)cc4ccccc43)cc21. The predicted molar refractivity (Wildman–Crippen MR) is 224 cm³/mol. The summed E-state index contributed by atoms with van der Waals surface area (Å²) in [6, 6.07) is 70.8. The molecule has 2 heteroatoms. The third-order valence-corrected chi connectivity index (χ3v) is 11.2. The molecule has 1 aliphatic rings. The molecule has 252 valence electrons. The molecule has 53 heavy (non-hydrogen) atoms. The molecule has 0 N–H and O–H groups in total. The van der Waals surface area contributed by atoms with Gasteiger partial charge in [0.2, 0.25) is 0 Å². The van der Waals surface area contributed by atoms with Gasteiger partial charge >= 0.3 is 0 Å². The van der Waals surface area contributed by atoms with Gasteiger partial charge in [-0.2, -0.15) is 0 Å². The molecular weight excluding hydrogens is 641 g/mol. The molecule has 0 saturated carbocycles. The first-order valence-electron chi connectivity index (χ1n) is 18.4. The zero-order valence-corrected chi connectivity index (χ0v) is 29.9. The maximum absolute atomic E-state index is 2.43. The van der Waals surface area contributed by atoms with Crippen LogP contribution in [-0.2, 0) is 5.41 Å². The molecule has 2 nitrogen and oxygen atoms in total. The number of hydrogen-bond donors (Lipinski definition) is 0. The fourth-order valence-electron chi connectivity index (χ4n) is 8.51. The fraction of sp³-hybridized carbons (Fsp3) is 0.0588. The van der Waals surface area contributed by atoms with E-state index in [0.717, 1.165) is 11.4 Å². The maximum atomic E-state index is 2.43. The Morgan fingerprint density at radius 1 is 0.434 bits per heavy atom. The van der Waals surface area contributed by atoms with Crippen molar-refractivity contribution in [3.63, 3.8) is 0 Å². The highest BCUT2D eigenvalue weighted by Crippen LogP contribution is 2.52. The molecule has 0 atom stereocenters. The van der Waals surface area contributed by atoms with Crippen LogP contribution in [0.25, 0.3) is 60.9 Å². The van der Waals surface area contributed by atoms with Crippen molar-refractivity contribution >= 4 is 38.7 Å². The zero-order chi connectivity index (χ0) is 35.5. The van der Waals surface area contributed by atoms with E-state index in [-0.39, 0.29) is 5.41 Å². The first kappa shape index (κ1) is 31.1. The Morgan fingerprint density at radius 3 is 1.79 bits per heavy atom. The summed E-state index contributed by atoms with van der Waals surface area (Å²) in [6.07, 6.45) is 0. The lowest BCUT2D eigenvalue weighted by Crippen LogP contribution is -2.17. The van der Waals surface area contributed by atoms with Crippen LogP contribution in [0.4, 0.5) is 17.1 Å². The third kappa shape index (κ3) is 5.10. The number of aromatic nitrogens is 1. The molecule has 8 aromatic carbocycles. The second-order valence-electron chi connectivity index (χ2n) is 14.6. The minimum Gasteiger partial charge on any atom is -0.310 e. The summed E-state index contributed by atoms with van der Waals surface area (Å²) in [4.78, 5) is 2.43. The van der Waals surface area contributed by atoms with Crippen molar-refractivity contribution in [2.45, 2.75) is 19.3 Å². The summed E-state index contributed by atoms with van der Waals surface area (Å²) in [6.45, 7) is 4.77. The van der Waals surface area contributed by atoms with Gasteiger partial charge in [0.05, 0.1) is 16.9 Å². The molecule has 0 amide bonds. The summed E-state index contributed by atoms with van der Waals surface area (Å²) in [5.74, 6) is 0. The number of nitrogens with zero attached hydrogens (tertiary/aromatic N) is 2. The maximum Gasteiger partial charge on any atom is 0.0540 e. The number of hydrogen-bond acceptors (Lipinski definition) is 1. The van der Waals surface area contributed by atoms with E-state index in [9.17, 15) is 0 Å². The molecule has 9 aromatic rings. The Kier molecular flexibility index (Phi) is 7.19. The van der Waals surface area contributed by atoms with E-state index in [2.05, 4.69) is 217 Å². The lowest BCUT2D eigenvalue weighted by molar-refractivity contribution is 0.660. The van der Waals surface area contributed by atoms with Crippen molar-refractivity contribution in [1.82, 2.24) is 4.57 Å². The third-order valence-electron chi connectivity index (χ3n) is 11.2. The van der Waals surface area contributed by atoms with E-state index >= 15 is 0 Å². The van der Waals surface area contributed by atoms with Crippen molar-refractivity contribution in [1.29, 1.82) is 0 Å². The highest BCUT2D eigenvalue weighted by Gasteiger charge is 2.36. The van der Waals surface area contributed by atoms with Crippen LogP contribution in [0.5, 0.6) is 0 Å². The van der Waals surface area contributed by atoms with Crippen LogP contribution in [0.1, 0.15) is 25.0 Å². The standard InChI is InChI=1S/C51H38N2/c1-51(2)46-33-41(52(49-23-13-20-37-16-9-11-21-43(37)49)40-26-24-36(25-27-40)35-14-5-3-6-15-35)28-30-44(46)45-31-29-42(34-47(45)51)53-48-22-12-10-19-39(48)32-50(53)38-17-7-4-8-18-38/h3-34H,1-2H3. The second kappa shape index (κ2) is 12.3. The minimum atomic E-state index is -0.214. The van der Waals surface area contributed by atoms with Crippen LogP contribution in [0.3, 0.4) is 0 Å². The van der Waals surface area contributed by atoms with Gasteiger partial charge in [0, 0.05) is 33.2 Å². The van der Waals surface area contributed by atoms with Crippen LogP contribution < -0.4 is 4.90 Å². The lowest BCUT2D eigenvalue weighted by atomic mass is 9.82. The van der Waals surface area contributed by atoms with Gasteiger partial charge in [0.1, 0.15) is 0 Å². The zero-order valence-electron chi connectivity index (χ0n) is 29.9. The van der Waals surface area contributed by atoms with Crippen LogP contribution in [0.15, 0.2) is 194 Å². The molecule has 0 bridgehead atoms. The van der Waals surface area contributed by atoms with Crippen molar-refractivity contribution in [2.75, 3.05) is 4.90 Å². The van der Waals surface area contributed by atoms with Gasteiger partial charge in [-0.3, -0.25) is 0 Å². The topological polar surface area (TPSA) is 8.17 Å². The summed E-state index contributed by atoms with van der Waals surface area (Å²) in [5, 5.41) is 3.69. The normalized spacial score (nSPS) is 12.9. The molecule has 0 unspecified atom stereocenters. The van der Waals surface area contributed by atoms with E-state index < -0.39 is 0 Å². The summed E-state index contributed by atoms with van der Waals surface area (Å²) in [7, 11) is 0. The van der Waals surface area contributed by atoms with Crippen LogP contribution in [0.2, 0.25) is 0 Å². The summed E-state index contributed by atoms with van der Waals surface area (Å²) < 4.78 is 2.43. The van der Waals surface area contributed by atoms with Crippen molar-refractivity contribution in [3.05, 3.63) is 205 Å². The number of benzene rings is 8. The quantitative estimate of drug-likeness (QED) is 0.170. The second-order valence-corrected chi connectivity index (χ2v) is 14.6. The van der Waals surface area contributed by atoms with Crippen LogP contribution in [-0.4, -0.2) is 4.57 Å². The highest BCUT2D eigenvalue weighted by molar-refractivity contribution is 5.99. The largest absolute Gasteiger partial charge is 0.310 e. The first-order valence-corrected chi connectivity index (χ1v) is 18.4. The van der Waals surface area contributed by atoms with Crippen molar-refractivity contribution < 1.29 is 0 Å². The number of fused-ring (bicyclic) bond motifs is 5. The average molecular weight is 679 g/mol. The number of rotatable bonds is 6. The van der Waals surface area contributed by atoms with Crippen molar-refractivity contribution in [2.24, 2.45) is 0 Å². The Labute approximate surface area is 310 Å². The highest BCUT2D eigenvalue weighted by atomic mass is 15.1. The van der Waals surface area contributed by atoms with Gasteiger partial charge in [0.15, 0.2) is 0 Å². The van der Waals surface area contributed by atoms with E-state index in [0.29, 0.717) is 0 Å². The van der Waals surface area contributed by atoms with Crippen LogP contribution >= 0.6 is 0 Å². The summed E-state index contributed by atoms with van der Waals surface area (Å²) in [5.41, 5.74) is 15.8. The first-order chi connectivity index (χ1) is 26.0. The lowest BCUT2D eigenvalue weighted by Gasteiger charge is -2.29. The van der Waals surface area contributed by atoms with E-state index in [1.54, 1.807) is 0 Å². The molecule has 0 spiro atoms. The summed E-state index contributed by atoms with van der Waals surface area (Å²) >= 11 is 0. The number of para-hydroxylation sites is 1. The Balaban J connectivity index is 1.11. The molecular formula is C51H38N2. The van der Waals surface area contributed by atoms with Gasteiger partial charge in [0.25, 0.3) is 0 Å². The predicted octanol–water partition coefficient (Wildman–Crippen LogP) is 13.9. The molecule has 10 rings (SSSR count). The molecule has 0 saturated heterocycles. The van der Waals surface area contributed by atoms with Gasteiger partial charge in [-0.05, 0) is 98.9 Å². The molecule has 1 aromatic heterocycles. The van der Waals surface area contributed by atoms with E-state index in [4.69, 9.17) is 0 Å². The van der Waals surface area contributed by atoms with E-state index in [1.165, 1.54) is 77.7 Å². The van der Waals surface area contributed by atoms with Gasteiger partial charge in [-0.25, -0.2) is 0 Å². The Bertz CT molecular complexity index is 2790. The fourth-order valence-corrected chi connectivity index (χ4v) is 8.51.